The number of anilines is 1. The third-order valence-corrected chi connectivity index (χ3v) is 6.59. The summed E-state index contributed by atoms with van der Waals surface area (Å²) in [6, 6.07) is 13.4. The van der Waals surface area contributed by atoms with Gasteiger partial charge < -0.3 is 15.5 Å². The van der Waals surface area contributed by atoms with Gasteiger partial charge >= 0.3 is 0 Å². The SMILES string of the molecule is CCNC(=NCCN1CCc2sccc2C1)NC1CCN(c2ccccc2)C1. The van der Waals surface area contributed by atoms with Crippen LogP contribution >= 0.6 is 11.3 Å². The van der Waals surface area contributed by atoms with Crippen molar-refractivity contribution in [3.8, 4) is 0 Å². The van der Waals surface area contributed by atoms with Crippen LogP contribution in [0.5, 0.6) is 0 Å². The average Bonchev–Trinajstić information content (AvgIpc) is 3.38. The van der Waals surface area contributed by atoms with Gasteiger partial charge in [0.25, 0.3) is 0 Å². The Balaban J connectivity index is 1.27. The zero-order valence-electron chi connectivity index (χ0n) is 16.7. The van der Waals surface area contributed by atoms with E-state index in [1.54, 1.807) is 4.88 Å². The highest BCUT2D eigenvalue weighted by Gasteiger charge is 2.23. The number of rotatable bonds is 6. The van der Waals surface area contributed by atoms with Crippen molar-refractivity contribution in [2.24, 2.45) is 4.99 Å². The monoisotopic (exact) mass is 397 g/mol. The molecule has 1 aromatic heterocycles. The van der Waals surface area contributed by atoms with Gasteiger partial charge in [-0.1, -0.05) is 18.2 Å². The molecule has 2 N–H and O–H groups in total. The van der Waals surface area contributed by atoms with Gasteiger partial charge in [-0.05, 0) is 48.9 Å². The molecule has 2 aliphatic rings. The molecule has 1 fully saturated rings. The second-order valence-electron chi connectivity index (χ2n) is 7.57. The summed E-state index contributed by atoms with van der Waals surface area (Å²) in [6.07, 6.45) is 2.33. The van der Waals surface area contributed by atoms with E-state index in [0.717, 1.165) is 58.2 Å². The predicted octanol–water partition coefficient (Wildman–Crippen LogP) is 2.94. The minimum Gasteiger partial charge on any atom is -0.369 e. The molecule has 3 heterocycles. The lowest BCUT2D eigenvalue weighted by Gasteiger charge is -2.26. The molecule has 0 aliphatic carbocycles. The van der Waals surface area contributed by atoms with Crippen LogP contribution in [-0.2, 0) is 13.0 Å². The fourth-order valence-corrected chi connectivity index (χ4v) is 4.96. The largest absolute Gasteiger partial charge is 0.369 e. The van der Waals surface area contributed by atoms with E-state index in [1.165, 1.54) is 17.7 Å². The van der Waals surface area contributed by atoms with E-state index in [2.05, 4.69) is 69.1 Å². The van der Waals surface area contributed by atoms with Gasteiger partial charge in [0.05, 0.1) is 6.54 Å². The molecule has 0 bridgehead atoms. The number of hydrogen-bond acceptors (Lipinski definition) is 4. The van der Waals surface area contributed by atoms with Crippen LogP contribution in [-0.4, -0.2) is 56.2 Å². The molecule has 4 rings (SSSR count). The molecular formula is C22H31N5S. The number of nitrogens with zero attached hydrogens (tertiary/aromatic N) is 3. The van der Waals surface area contributed by atoms with Crippen LogP contribution in [0.1, 0.15) is 23.8 Å². The number of guanidine groups is 1. The van der Waals surface area contributed by atoms with Gasteiger partial charge in [-0.25, -0.2) is 0 Å². The van der Waals surface area contributed by atoms with Gasteiger partial charge in [0.15, 0.2) is 5.96 Å². The highest BCUT2D eigenvalue weighted by Crippen LogP contribution is 2.23. The number of thiophene rings is 1. The minimum absolute atomic E-state index is 0.446. The van der Waals surface area contributed by atoms with Crippen LogP contribution < -0.4 is 15.5 Å². The van der Waals surface area contributed by atoms with E-state index >= 15 is 0 Å². The maximum absolute atomic E-state index is 4.85. The van der Waals surface area contributed by atoms with Gasteiger partial charge in [-0.15, -0.1) is 11.3 Å². The number of aliphatic imine (C=N–C) groups is 1. The fourth-order valence-electron chi connectivity index (χ4n) is 4.07. The van der Waals surface area contributed by atoms with E-state index in [9.17, 15) is 0 Å². The summed E-state index contributed by atoms with van der Waals surface area (Å²) in [5.74, 6) is 0.954. The zero-order valence-corrected chi connectivity index (χ0v) is 17.5. The van der Waals surface area contributed by atoms with Crippen LogP contribution in [0.3, 0.4) is 0 Å². The number of para-hydroxylation sites is 1. The Morgan fingerprint density at radius 3 is 2.96 bits per heavy atom. The van der Waals surface area contributed by atoms with Crippen molar-refractivity contribution in [2.45, 2.75) is 32.4 Å². The topological polar surface area (TPSA) is 42.9 Å². The molecule has 0 saturated carbocycles. The molecule has 150 valence electrons. The standard InChI is InChI=1S/C22H31N5S/c1-2-23-22(24-11-14-26-12-9-21-18(16-26)10-15-28-21)25-19-8-13-27(17-19)20-6-4-3-5-7-20/h3-7,10,15,19H,2,8-9,11-14,16-17H2,1H3,(H2,23,24,25). The summed E-state index contributed by atoms with van der Waals surface area (Å²) in [5.41, 5.74) is 2.82. The number of benzene rings is 1. The van der Waals surface area contributed by atoms with Gasteiger partial charge in [0.2, 0.25) is 0 Å². The third kappa shape index (κ3) is 4.86. The molecule has 2 aromatic rings. The highest BCUT2D eigenvalue weighted by molar-refractivity contribution is 7.10. The van der Waals surface area contributed by atoms with Crippen LogP contribution in [0.2, 0.25) is 0 Å². The second kappa shape index (κ2) is 9.43. The molecule has 1 atom stereocenters. The smallest absolute Gasteiger partial charge is 0.191 e. The Hall–Kier alpha value is -2.05. The first kappa shape index (κ1) is 19.3. The van der Waals surface area contributed by atoms with Gasteiger partial charge in [0.1, 0.15) is 0 Å². The van der Waals surface area contributed by atoms with E-state index in [1.807, 2.05) is 11.3 Å². The van der Waals surface area contributed by atoms with E-state index in [4.69, 9.17) is 4.99 Å². The lowest BCUT2D eigenvalue weighted by Crippen LogP contribution is -2.45. The Labute approximate surface area is 172 Å². The van der Waals surface area contributed by atoms with Crippen molar-refractivity contribution >= 4 is 23.0 Å². The molecule has 5 nitrogen and oxygen atoms in total. The molecule has 28 heavy (non-hydrogen) atoms. The summed E-state index contributed by atoms with van der Waals surface area (Å²) in [5, 5.41) is 9.29. The molecular weight excluding hydrogens is 366 g/mol. The first-order chi connectivity index (χ1) is 13.8. The molecule has 1 saturated heterocycles. The van der Waals surface area contributed by atoms with Crippen molar-refractivity contribution in [1.29, 1.82) is 0 Å². The summed E-state index contributed by atoms with van der Waals surface area (Å²) in [7, 11) is 0. The predicted molar refractivity (Wildman–Crippen MR) is 119 cm³/mol. The lowest BCUT2D eigenvalue weighted by molar-refractivity contribution is 0.263. The van der Waals surface area contributed by atoms with Crippen molar-refractivity contribution < 1.29 is 0 Å². The van der Waals surface area contributed by atoms with Crippen molar-refractivity contribution in [3.63, 3.8) is 0 Å². The molecule has 2 aliphatic heterocycles. The summed E-state index contributed by atoms with van der Waals surface area (Å²) < 4.78 is 0. The van der Waals surface area contributed by atoms with Gasteiger partial charge in [0, 0.05) is 55.9 Å². The zero-order chi connectivity index (χ0) is 19.2. The van der Waals surface area contributed by atoms with Crippen LogP contribution in [0, 0.1) is 0 Å². The van der Waals surface area contributed by atoms with Crippen molar-refractivity contribution in [1.82, 2.24) is 15.5 Å². The minimum atomic E-state index is 0.446. The number of hydrogen-bond donors (Lipinski definition) is 2. The van der Waals surface area contributed by atoms with E-state index < -0.39 is 0 Å². The van der Waals surface area contributed by atoms with E-state index in [0.29, 0.717) is 6.04 Å². The molecule has 1 unspecified atom stereocenters. The molecule has 0 radical (unpaired) electrons. The highest BCUT2D eigenvalue weighted by atomic mass is 32.1. The third-order valence-electron chi connectivity index (χ3n) is 5.57. The molecule has 0 spiro atoms. The van der Waals surface area contributed by atoms with Gasteiger partial charge in [-0.3, -0.25) is 9.89 Å². The van der Waals surface area contributed by atoms with Crippen molar-refractivity contribution in [3.05, 3.63) is 52.2 Å². The first-order valence-corrected chi connectivity index (χ1v) is 11.3. The van der Waals surface area contributed by atoms with Crippen molar-refractivity contribution in [2.75, 3.05) is 44.2 Å². The fraction of sp³-hybridized carbons (Fsp3) is 0.500. The Morgan fingerprint density at radius 2 is 2.11 bits per heavy atom. The lowest BCUT2D eigenvalue weighted by atomic mass is 10.1. The summed E-state index contributed by atoms with van der Waals surface area (Å²) in [6.45, 7) is 9.23. The van der Waals surface area contributed by atoms with Crippen LogP contribution in [0.25, 0.3) is 0 Å². The number of nitrogens with one attached hydrogen (secondary N) is 2. The second-order valence-corrected chi connectivity index (χ2v) is 8.57. The Morgan fingerprint density at radius 1 is 1.21 bits per heavy atom. The molecule has 0 amide bonds. The normalized spacial score (nSPS) is 20.2. The van der Waals surface area contributed by atoms with Crippen LogP contribution in [0.15, 0.2) is 46.8 Å². The van der Waals surface area contributed by atoms with E-state index in [-0.39, 0.29) is 0 Å². The Kier molecular flexibility index (Phi) is 6.49. The Bertz CT molecular complexity index is 772. The molecule has 1 aromatic carbocycles. The average molecular weight is 398 g/mol. The first-order valence-electron chi connectivity index (χ1n) is 10.4. The molecule has 6 heteroatoms. The number of fused-ring (bicyclic) bond motifs is 1. The quantitative estimate of drug-likeness (QED) is 0.581. The van der Waals surface area contributed by atoms with Crippen LogP contribution in [0.4, 0.5) is 5.69 Å². The maximum Gasteiger partial charge on any atom is 0.191 e. The van der Waals surface area contributed by atoms with Gasteiger partial charge in [-0.2, -0.15) is 0 Å². The summed E-state index contributed by atoms with van der Waals surface area (Å²) in [4.78, 5) is 11.4. The summed E-state index contributed by atoms with van der Waals surface area (Å²) >= 11 is 1.90. The maximum atomic E-state index is 4.85.